The van der Waals surface area contributed by atoms with Crippen molar-refractivity contribution in [3.63, 3.8) is 0 Å². The molecule has 1 aromatic carbocycles. The summed E-state index contributed by atoms with van der Waals surface area (Å²) in [5, 5.41) is 5.16. The number of ether oxygens (including phenoxy) is 2. The first-order chi connectivity index (χ1) is 17.7. The molecule has 11 heteroatoms. The molecule has 0 spiro atoms. The molecular formula is C27H40N4O7. The van der Waals surface area contributed by atoms with E-state index in [2.05, 4.69) is 15.4 Å². The van der Waals surface area contributed by atoms with Crippen molar-refractivity contribution >= 4 is 29.8 Å². The maximum absolute atomic E-state index is 14.1. The Hall–Kier alpha value is -3.63. The smallest absolute Gasteiger partial charge is 0.408 e. The van der Waals surface area contributed by atoms with E-state index < -0.39 is 47.5 Å². The van der Waals surface area contributed by atoms with Crippen LogP contribution in [0.15, 0.2) is 18.2 Å². The van der Waals surface area contributed by atoms with Crippen LogP contribution in [0.2, 0.25) is 0 Å². The van der Waals surface area contributed by atoms with Crippen LogP contribution in [0.1, 0.15) is 75.6 Å². The maximum Gasteiger partial charge on any atom is 0.408 e. The molecule has 210 valence electrons. The molecule has 11 nitrogen and oxygen atoms in total. The molecule has 0 heterocycles. The van der Waals surface area contributed by atoms with Crippen molar-refractivity contribution in [1.82, 2.24) is 15.5 Å². The number of primary amides is 1. The SMILES string of the molecule is COC(=O)CNC(=O)C(c1cccc(C)c1C)N(C(=O)C(CCC(N)=O)NC(=O)OC(C)(C)C)C1CCC1. The average molecular weight is 533 g/mol. The van der Waals surface area contributed by atoms with Crippen molar-refractivity contribution in [2.45, 2.75) is 90.4 Å². The summed E-state index contributed by atoms with van der Waals surface area (Å²) < 4.78 is 10.00. The number of carbonyl (C=O) groups excluding carboxylic acids is 5. The van der Waals surface area contributed by atoms with E-state index in [1.807, 2.05) is 19.9 Å². The van der Waals surface area contributed by atoms with E-state index in [9.17, 15) is 24.0 Å². The van der Waals surface area contributed by atoms with E-state index in [4.69, 9.17) is 10.5 Å². The Kier molecular flexibility index (Phi) is 10.7. The minimum atomic E-state index is -1.17. The van der Waals surface area contributed by atoms with Crippen LogP contribution >= 0.6 is 0 Å². The van der Waals surface area contributed by atoms with Gasteiger partial charge in [0.15, 0.2) is 0 Å². The van der Waals surface area contributed by atoms with Crippen LogP contribution in [-0.2, 0) is 28.7 Å². The van der Waals surface area contributed by atoms with Crippen LogP contribution in [0, 0.1) is 13.8 Å². The zero-order valence-electron chi connectivity index (χ0n) is 23.1. The summed E-state index contributed by atoms with van der Waals surface area (Å²) in [5.74, 6) is -2.37. The van der Waals surface area contributed by atoms with E-state index in [0.717, 1.165) is 17.5 Å². The highest BCUT2D eigenvalue weighted by molar-refractivity contribution is 5.94. The number of rotatable bonds is 11. The van der Waals surface area contributed by atoms with Crippen LogP contribution in [0.3, 0.4) is 0 Å². The van der Waals surface area contributed by atoms with Gasteiger partial charge in [-0.2, -0.15) is 0 Å². The van der Waals surface area contributed by atoms with Gasteiger partial charge in [0.25, 0.3) is 0 Å². The lowest BCUT2D eigenvalue weighted by atomic mass is 9.86. The van der Waals surface area contributed by atoms with Crippen LogP contribution in [0.25, 0.3) is 0 Å². The number of amides is 4. The van der Waals surface area contributed by atoms with Gasteiger partial charge in [-0.1, -0.05) is 18.2 Å². The number of aryl methyl sites for hydroxylation is 1. The predicted molar refractivity (Wildman–Crippen MR) is 140 cm³/mol. The van der Waals surface area contributed by atoms with E-state index in [0.29, 0.717) is 18.4 Å². The van der Waals surface area contributed by atoms with E-state index in [1.54, 1.807) is 32.9 Å². The Morgan fingerprint density at radius 3 is 2.32 bits per heavy atom. The Balaban J connectivity index is 2.54. The van der Waals surface area contributed by atoms with E-state index in [-0.39, 0.29) is 25.4 Å². The first kappa shape index (κ1) is 30.6. The monoisotopic (exact) mass is 532 g/mol. The molecule has 1 saturated carbocycles. The van der Waals surface area contributed by atoms with Crippen molar-refractivity contribution in [2.24, 2.45) is 5.73 Å². The van der Waals surface area contributed by atoms with E-state index in [1.165, 1.54) is 12.0 Å². The molecule has 2 unspecified atom stereocenters. The highest BCUT2D eigenvalue weighted by Gasteiger charge is 2.42. The zero-order chi connectivity index (χ0) is 28.6. The molecule has 0 bridgehead atoms. The number of nitrogens with zero attached hydrogens (tertiary/aromatic N) is 1. The number of hydrogen-bond donors (Lipinski definition) is 3. The first-order valence-corrected chi connectivity index (χ1v) is 12.8. The summed E-state index contributed by atoms with van der Waals surface area (Å²) in [6, 6.07) is 2.92. The molecule has 38 heavy (non-hydrogen) atoms. The van der Waals surface area contributed by atoms with Crippen molar-refractivity contribution in [1.29, 1.82) is 0 Å². The largest absolute Gasteiger partial charge is 0.468 e. The molecular weight excluding hydrogens is 492 g/mol. The molecule has 2 atom stereocenters. The fourth-order valence-corrected chi connectivity index (χ4v) is 4.17. The Morgan fingerprint density at radius 1 is 1.13 bits per heavy atom. The molecule has 4 N–H and O–H groups in total. The molecule has 0 aromatic heterocycles. The lowest BCUT2D eigenvalue weighted by Crippen LogP contribution is -2.58. The lowest BCUT2D eigenvalue weighted by molar-refractivity contribution is -0.148. The van der Waals surface area contributed by atoms with Gasteiger partial charge in [0, 0.05) is 12.5 Å². The number of methoxy groups -OCH3 is 1. The quantitative estimate of drug-likeness (QED) is 0.369. The van der Waals surface area contributed by atoms with Gasteiger partial charge < -0.3 is 30.7 Å². The Bertz CT molecular complexity index is 1050. The van der Waals surface area contributed by atoms with Crippen molar-refractivity contribution in [2.75, 3.05) is 13.7 Å². The summed E-state index contributed by atoms with van der Waals surface area (Å²) in [5.41, 5.74) is 6.87. The number of esters is 1. The second-order valence-electron chi connectivity index (χ2n) is 10.5. The lowest BCUT2D eigenvalue weighted by Gasteiger charge is -2.44. The molecule has 2 rings (SSSR count). The van der Waals surface area contributed by atoms with Crippen molar-refractivity contribution < 1.29 is 33.4 Å². The molecule has 0 radical (unpaired) electrons. The molecule has 4 amide bonds. The Morgan fingerprint density at radius 2 is 1.79 bits per heavy atom. The van der Waals surface area contributed by atoms with Gasteiger partial charge in [-0.15, -0.1) is 0 Å². The van der Waals surface area contributed by atoms with Crippen LogP contribution < -0.4 is 16.4 Å². The fourth-order valence-electron chi connectivity index (χ4n) is 4.17. The normalized spacial score (nSPS) is 14.9. The van der Waals surface area contributed by atoms with Crippen molar-refractivity contribution in [3.8, 4) is 0 Å². The fraction of sp³-hybridized carbons (Fsp3) is 0.593. The van der Waals surface area contributed by atoms with E-state index >= 15 is 0 Å². The third kappa shape index (κ3) is 8.46. The third-order valence-corrected chi connectivity index (χ3v) is 6.49. The summed E-state index contributed by atoms with van der Waals surface area (Å²) >= 11 is 0. The topological polar surface area (TPSA) is 157 Å². The molecule has 0 aliphatic heterocycles. The molecule has 1 aliphatic rings. The predicted octanol–water partition coefficient (Wildman–Crippen LogP) is 2.17. The number of benzene rings is 1. The second kappa shape index (κ2) is 13.3. The summed E-state index contributed by atoms with van der Waals surface area (Å²) in [6.07, 6.45) is 1.13. The number of hydrogen-bond acceptors (Lipinski definition) is 7. The Labute approximate surface area is 223 Å². The molecule has 1 fully saturated rings. The third-order valence-electron chi connectivity index (χ3n) is 6.49. The summed E-state index contributed by atoms with van der Waals surface area (Å²) in [4.78, 5) is 65.2. The molecule has 0 saturated heterocycles. The highest BCUT2D eigenvalue weighted by Crippen LogP contribution is 2.35. The van der Waals surface area contributed by atoms with Crippen molar-refractivity contribution in [3.05, 3.63) is 34.9 Å². The summed E-state index contributed by atoms with van der Waals surface area (Å²) in [6.45, 7) is 8.46. The van der Waals surface area contributed by atoms with Gasteiger partial charge in [0.2, 0.25) is 17.7 Å². The average Bonchev–Trinajstić information content (AvgIpc) is 2.79. The number of nitrogens with two attached hydrogens (primary N) is 1. The van der Waals surface area contributed by atoms with Gasteiger partial charge in [-0.05, 0) is 77.0 Å². The van der Waals surface area contributed by atoms with Gasteiger partial charge in [-0.25, -0.2) is 4.79 Å². The standard InChI is InChI=1S/C27H40N4O7/c1-16-9-7-12-19(17(16)2)23(24(34)29-15-22(33)37-6)31(18-10-8-11-18)25(35)20(13-14-21(28)32)30-26(36)38-27(3,4)5/h7,9,12,18,20,23H,8,10-11,13-15H2,1-6H3,(H2,28,32)(H,29,34)(H,30,36). The maximum atomic E-state index is 14.1. The minimum absolute atomic E-state index is 0.0695. The van der Waals surface area contributed by atoms with Gasteiger partial charge in [-0.3, -0.25) is 19.2 Å². The summed E-state index contributed by atoms with van der Waals surface area (Å²) in [7, 11) is 1.21. The zero-order valence-corrected chi connectivity index (χ0v) is 23.1. The number of nitrogens with one attached hydrogen (secondary N) is 2. The van der Waals surface area contributed by atoms with Crippen LogP contribution in [-0.4, -0.2) is 66.0 Å². The highest BCUT2D eigenvalue weighted by atomic mass is 16.6. The van der Waals surface area contributed by atoms with Gasteiger partial charge in [0.1, 0.15) is 24.2 Å². The number of alkyl carbamates (subject to hydrolysis) is 1. The minimum Gasteiger partial charge on any atom is -0.468 e. The first-order valence-electron chi connectivity index (χ1n) is 12.8. The van der Waals surface area contributed by atoms with Crippen LogP contribution in [0.5, 0.6) is 0 Å². The molecule has 1 aliphatic carbocycles. The second-order valence-corrected chi connectivity index (χ2v) is 10.5. The molecule has 1 aromatic rings. The van der Waals surface area contributed by atoms with Gasteiger partial charge >= 0.3 is 12.1 Å². The van der Waals surface area contributed by atoms with Crippen LogP contribution in [0.4, 0.5) is 4.79 Å². The number of carbonyl (C=O) groups is 5. The van der Waals surface area contributed by atoms with Gasteiger partial charge in [0.05, 0.1) is 7.11 Å².